The van der Waals surface area contributed by atoms with Crippen molar-refractivity contribution in [3.05, 3.63) is 48.6 Å². The normalized spacial score (nSPS) is 19.6. The van der Waals surface area contributed by atoms with Gasteiger partial charge in [0.2, 0.25) is 0 Å². The smallest absolute Gasteiger partial charge is 0.222 e. The van der Waals surface area contributed by atoms with Gasteiger partial charge in [-0.05, 0) is 51.4 Å². The molecule has 0 aromatic rings. The SMILES string of the molecule is C1=C\CCCC\C=C/1.C1=C\CCCC\C=C/1.[O-][Cl+3]([O-])([O-])[O-].[O-][Cl+3]([O-])([O-])[O-].[O-][Cl+3]([O-])([O-])[O-].[Rh+3]. The fourth-order valence-corrected chi connectivity index (χ4v) is 1.75. The molecule has 0 amide bonds. The first kappa shape index (κ1) is 39.2. The van der Waals surface area contributed by atoms with Gasteiger partial charge in [-0.1, -0.05) is 48.6 Å². The average molecular weight is 618 g/mol. The van der Waals surface area contributed by atoms with Crippen LogP contribution in [0.5, 0.6) is 0 Å². The van der Waals surface area contributed by atoms with E-state index in [-0.39, 0.29) is 19.5 Å². The van der Waals surface area contributed by atoms with Gasteiger partial charge in [-0.25, -0.2) is 55.9 Å². The molecule has 0 aromatic heterocycles. The van der Waals surface area contributed by atoms with Crippen LogP contribution in [0, 0.1) is 30.7 Å². The van der Waals surface area contributed by atoms with Gasteiger partial charge in [0.1, 0.15) is 0 Å². The van der Waals surface area contributed by atoms with Crippen molar-refractivity contribution in [2.24, 2.45) is 0 Å². The fraction of sp³-hybridized carbons (Fsp3) is 0.500. The van der Waals surface area contributed by atoms with Crippen LogP contribution in [-0.4, -0.2) is 0 Å². The molecular formula is C16H24Cl3O12Rh. The summed E-state index contributed by atoms with van der Waals surface area (Å²) in [6.45, 7) is 0. The van der Waals surface area contributed by atoms with E-state index in [4.69, 9.17) is 55.9 Å². The van der Waals surface area contributed by atoms with E-state index in [0.29, 0.717) is 0 Å². The van der Waals surface area contributed by atoms with Crippen LogP contribution >= 0.6 is 0 Å². The first-order valence-corrected chi connectivity index (χ1v) is 12.2. The van der Waals surface area contributed by atoms with Crippen molar-refractivity contribution in [2.45, 2.75) is 51.4 Å². The Bertz CT molecular complexity index is 409. The van der Waals surface area contributed by atoms with Gasteiger partial charge in [0.25, 0.3) is 0 Å². The maximum absolute atomic E-state index is 8.49. The molecule has 0 fully saturated rings. The summed E-state index contributed by atoms with van der Waals surface area (Å²) in [7, 11) is -14.8. The fourth-order valence-electron chi connectivity index (χ4n) is 1.75. The van der Waals surface area contributed by atoms with Gasteiger partial charge in [-0.15, -0.1) is 30.7 Å². The minimum Gasteiger partial charge on any atom is -0.222 e. The Morgan fingerprint density at radius 3 is 0.594 bits per heavy atom. The van der Waals surface area contributed by atoms with Gasteiger partial charge < -0.3 is 0 Å². The predicted octanol–water partition coefficient (Wildman–Crippen LogP) is -8.92. The zero-order valence-corrected chi connectivity index (χ0v) is 20.5. The first-order chi connectivity index (χ1) is 14.0. The number of hydrogen-bond donors (Lipinski definition) is 0. The minimum atomic E-state index is -4.94. The Balaban J connectivity index is -0.000000156. The molecule has 2 aliphatic carbocycles. The van der Waals surface area contributed by atoms with Crippen LogP contribution in [0.2, 0.25) is 0 Å². The molecule has 2 aliphatic rings. The van der Waals surface area contributed by atoms with E-state index in [9.17, 15) is 0 Å². The van der Waals surface area contributed by atoms with Crippen molar-refractivity contribution in [1.82, 2.24) is 0 Å². The second-order valence-corrected chi connectivity index (χ2v) is 7.68. The average Bonchev–Trinajstić information content (AvgIpc) is 2.40. The molecule has 0 saturated carbocycles. The monoisotopic (exact) mass is 616 g/mol. The summed E-state index contributed by atoms with van der Waals surface area (Å²) >= 11 is 0. The van der Waals surface area contributed by atoms with E-state index in [1.807, 2.05) is 0 Å². The van der Waals surface area contributed by atoms with Crippen LogP contribution in [0.4, 0.5) is 0 Å². The summed E-state index contributed by atoms with van der Waals surface area (Å²) in [4.78, 5) is 0. The van der Waals surface area contributed by atoms with Gasteiger partial charge in [-0.2, -0.15) is 0 Å². The predicted molar refractivity (Wildman–Crippen MR) is 73.5 cm³/mol. The first-order valence-electron chi connectivity index (χ1n) is 8.48. The van der Waals surface area contributed by atoms with Gasteiger partial charge in [-0.3, -0.25) is 0 Å². The second kappa shape index (κ2) is 24.1. The summed E-state index contributed by atoms with van der Waals surface area (Å²) in [5.74, 6) is 0. The quantitative estimate of drug-likeness (QED) is 0.229. The van der Waals surface area contributed by atoms with Gasteiger partial charge in [0, 0.05) is 0 Å². The van der Waals surface area contributed by atoms with E-state index >= 15 is 0 Å². The van der Waals surface area contributed by atoms with Crippen LogP contribution in [0.25, 0.3) is 0 Å². The van der Waals surface area contributed by atoms with Crippen LogP contribution in [0.1, 0.15) is 51.4 Å². The van der Waals surface area contributed by atoms with E-state index < -0.39 is 30.7 Å². The molecule has 2 rings (SSSR count). The van der Waals surface area contributed by atoms with Crippen LogP contribution < -0.4 is 55.9 Å². The summed E-state index contributed by atoms with van der Waals surface area (Å²) in [6.07, 6.45) is 28.0. The standard InChI is InChI=1S/2C8H12.3ClHO4.Rh/c2*1-2-4-6-8-7-5-3-1;3*2-1(3,4)5;/h2*1-4H,5-8H2;3*(H,2,3,4,5);/q;;;;;+3/p-3/b2*3-1-,4-2-;;;;. The molecule has 12 nitrogen and oxygen atoms in total. The molecule has 0 saturated heterocycles. The third-order valence-electron chi connectivity index (χ3n) is 2.75. The Morgan fingerprint density at radius 2 is 0.469 bits per heavy atom. The van der Waals surface area contributed by atoms with E-state index in [0.717, 1.165) is 0 Å². The third-order valence-corrected chi connectivity index (χ3v) is 2.75. The zero-order chi connectivity index (χ0) is 24.8. The molecule has 0 bridgehead atoms. The summed E-state index contributed by atoms with van der Waals surface area (Å²) in [5.41, 5.74) is 0. The zero-order valence-electron chi connectivity index (χ0n) is 16.6. The molecule has 0 heterocycles. The molecule has 0 atom stereocenters. The topological polar surface area (TPSA) is 277 Å². The summed E-state index contributed by atoms with van der Waals surface area (Å²) in [5, 5.41) is 0. The molecule has 0 aromatic carbocycles. The molecule has 0 unspecified atom stereocenters. The van der Waals surface area contributed by atoms with Crippen molar-refractivity contribution in [3.63, 3.8) is 0 Å². The van der Waals surface area contributed by atoms with Gasteiger partial charge in [0.05, 0.1) is 0 Å². The molecular weight excluding hydrogens is 593 g/mol. The van der Waals surface area contributed by atoms with Crippen molar-refractivity contribution < 1.29 is 106 Å². The van der Waals surface area contributed by atoms with Crippen molar-refractivity contribution in [1.29, 1.82) is 0 Å². The maximum atomic E-state index is 8.49. The Hall–Kier alpha value is -0.0266. The van der Waals surface area contributed by atoms with Crippen LogP contribution in [-0.2, 0) is 19.5 Å². The summed E-state index contributed by atoms with van der Waals surface area (Å²) in [6, 6.07) is 0. The Morgan fingerprint density at radius 1 is 0.344 bits per heavy atom. The minimum absolute atomic E-state index is 0. The molecule has 32 heavy (non-hydrogen) atoms. The largest absolute Gasteiger partial charge is 3.00 e. The Kier molecular flexibility index (Phi) is 29.5. The van der Waals surface area contributed by atoms with Gasteiger partial charge in [0.15, 0.2) is 0 Å². The Labute approximate surface area is 205 Å². The molecule has 0 aliphatic heterocycles. The van der Waals surface area contributed by atoms with Gasteiger partial charge >= 0.3 is 19.5 Å². The third kappa shape index (κ3) is 98.6. The molecule has 16 heteroatoms. The van der Waals surface area contributed by atoms with Crippen LogP contribution in [0.3, 0.4) is 0 Å². The van der Waals surface area contributed by atoms with E-state index in [1.165, 1.54) is 51.4 Å². The number of halogens is 3. The van der Waals surface area contributed by atoms with E-state index in [1.54, 1.807) is 0 Å². The van der Waals surface area contributed by atoms with Crippen LogP contribution in [0.15, 0.2) is 48.6 Å². The molecule has 190 valence electrons. The van der Waals surface area contributed by atoms with Crippen molar-refractivity contribution in [2.75, 3.05) is 0 Å². The second-order valence-electron chi connectivity index (χ2n) is 5.42. The maximum Gasteiger partial charge on any atom is 3.00 e. The number of hydrogen-bond acceptors (Lipinski definition) is 12. The molecule has 0 spiro atoms. The molecule has 0 N–H and O–H groups in total. The van der Waals surface area contributed by atoms with Crippen molar-refractivity contribution in [3.8, 4) is 0 Å². The summed E-state index contributed by atoms with van der Waals surface area (Å²) < 4.78 is 102. The number of rotatable bonds is 0. The number of allylic oxidation sites excluding steroid dienone is 8. The van der Waals surface area contributed by atoms with Crippen molar-refractivity contribution >= 4 is 0 Å². The van der Waals surface area contributed by atoms with E-state index in [2.05, 4.69) is 48.6 Å². The molecule has 0 radical (unpaired) electrons.